The summed E-state index contributed by atoms with van der Waals surface area (Å²) >= 11 is 0. The van der Waals surface area contributed by atoms with Crippen LogP contribution in [-0.4, -0.2) is 17.9 Å². The number of hydrogen-bond acceptors (Lipinski definition) is 4. The van der Waals surface area contributed by atoms with Crippen LogP contribution in [0.3, 0.4) is 0 Å². The maximum Gasteiger partial charge on any atom is 0.337 e. The molecule has 4 nitrogen and oxygen atoms in total. The topological polar surface area (TPSA) is 55.4 Å². The molecule has 30 heavy (non-hydrogen) atoms. The number of Topliss-reactive ketones (excluding diaryl/α,β-unsaturated/α-hetero) is 1. The van der Waals surface area contributed by atoms with Gasteiger partial charge in [0, 0.05) is 29.3 Å². The first kappa shape index (κ1) is 20.9. The van der Waals surface area contributed by atoms with Crippen LogP contribution in [0.15, 0.2) is 46.8 Å². The standard InChI is InChI=1S/C26H33NO3/c1-16-10-12-18(13-11-16)23-22(25(29)30-19-8-6-5-7-9-19)17(2)27-20-14-26(3,4)15-21(28)24(20)23/h10-13,19,23,27H,5-9,14-15H2,1-4H3. The molecule has 2 aliphatic carbocycles. The minimum atomic E-state index is -0.360. The van der Waals surface area contributed by atoms with Crippen molar-refractivity contribution in [1.29, 1.82) is 0 Å². The number of rotatable bonds is 3. The Bertz CT molecular complexity index is 914. The monoisotopic (exact) mass is 407 g/mol. The second-order valence-corrected chi connectivity index (χ2v) is 10.0. The Morgan fingerprint density at radius 1 is 1.03 bits per heavy atom. The van der Waals surface area contributed by atoms with E-state index in [9.17, 15) is 9.59 Å². The molecule has 1 aromatic carbocycles. The summed E-state index contributed by atoms with van der Waals surface area (Å²) in [6.07, 6.45) is 6.59. The highest BCUT2D eigenvalue weighted by Gasteiger charge is 2.43. The van der Waals surface area contributed by atoms with E-state index in [1.54, 1.807) is 0 Å². The van der Waals surface area contributed by atoms with E-state index in [0.717, 1.165) is 60.2 Å². The van der Waals surface area contributed by atoms with E-state index >= 15 is 0 Å². The van der Waals surface area contributed by atoms with Gasteiger partial charge in [-0.1, -0.05) is 50.1 Å². The van der Waals surface area contributed by atoms with Crippen molar-refractivity contribution >= 4 is 11.8 Å². The summed E-state index contributed by atoms with van der Waals surface area (Å²) in [5.74, 6) is -0.502. The Morgan fingerprint density at radius 3 is 2.37 bits per heavy atom. The van der Waals surface area contributed by atoms with E-state index in [1.807, 2.05) is 38.1 Å². The number of esters is 1. The third-order valence-electron chi connectivity index (χ3n) is 6.70. The number of ether oxygens (including phenoxy) is 1. The molecule has 1 N–H and O–H groups in total. The van der Waals surface area contributed by atoms with Gasteiger partial charge in [-0.25, -0.2) is 4.79 Å². The molecule has 0 amide bonds. The number of carbonyl (C=O) groups excluding carboxylic acids is 2. The van der Waals surface area contributed by atoms with Crippen LogP contribution in [-0.2, 0) is 14.3 Å². The van der Waals surface area contributed by atoms with Crippen LogP contribution in [0, 0.1) is 12.3 Å². The summed E-state index contributed by atoms with van der Waals surface area (Å²) in [5.41, 5.74) is 5.18. The maximum absolute atomic E-state index is 13.4. The van der Waals surface area contributed by atoms with Crippen molar-refractivity contribution in [3.63, 3.8) is 0 Å². The van der Waals surface area contributed by atoms with Crippen molar-refractivity contribution < 1.29 is 14.3 Å². The normalized spacial score (nSPS) is 24.4. The third-order valence-corrected chi connectivity index (χ3v) is 6.70. The van der Waals surface area contributed by atoms with E-state index in [2.05, 4.69) is 19.2 Å². The summed E-state index contributed by atoms with van der Waals surface area (Å²) in [7, 11) is 0. The summed E-state index contributed by atoms with van der Waals surface area (Å²) in [6.45, 7) is 8.24. The van der Waals surface area contributed by atoms with Crippen LogP contribution in [0.1, 0.15) is 82.8 Å². The van der Waals surface area contributed by atoms with Crippen molar-refractivity contribution in [2.24, 2.45) is 5.41 Å². The minimum Gasteiger partial charge on any atom is -0.459 e. The summed E-state index contributed by atoms with van der Waals surface area (Å²) in [4.78, 5) is 26.7. The molecule has 1 fully saturated rings. The minimum absolute atomic E-state index is 0.0124. The van der Waals surface area contributed by atoms with Crippen molar-refractivity contribution in [3.8, 4) is 0 Å². The smallest absolute Gasteiger partial charge is 0.337 e. The maximum atomic E-state index is 13.4. The Hall–Kier alpha value is -2.36. The summed E-state index contributed by atoms with van der Waals surface area (Å²) < 4.78 is 5.96. The molecular weight excluding hydrogens is 374 g/mol. The van der Waals surface area contributed by atoms with Crippen molar-refractivity contribution in [2.75, 3.05) is 0 Å². The lowest BCUT2D eigenvalue weighted by Gasteiger charge is -2.39. The number of aryl methyl sites for hydroxylation is 1. The van der Waals surface area contributed by atoms with Gasteiger partial charge in [0.05, 0.1) is 5.57 Å². The van der Waals surface area contributed by atoms with Crippen LogP contribution < -0.4 is 5.32 Å². The average molecular weight is 408 g/mol. The lowest BCUT2D eigenvalue weighted by atomic mass is 9.68. The number of dihydropyridines is 1. The SMILES string of the molecule is CC1=C(C(=O)OC2CCCCC2)C(c2ccc(C)cc2)C2=C(CC(C)(C)CC2=O)N1. The molecule has 0 radical (unpaired) electrons. The molecule has 0 aromatic heterocycles. The first-order chi connectivity index (χ1) is 14.2. The molecule has 3 aliphatic rings. The lowest BCUT2D eigenvalue weighted by molar-refractivity contribution is -0.146. The predicted octanol–water partition coefficient (Wildman–Crippen LogP) is 5.47. The molecule has 0 spiro atoms. The molecule has 1 unspecified atom stereocenters. The Kier molecular flexibility index (Phi) is 5.61. The second kappa shape index (κ2) is 8.05. The van der Waals surface area contributed by atoms with Crippen molar-refractivity contribution in [2.45, 2.75) is 84.7 Å². The highest BCUT2D eigenvalue weighted by Crippen LogP contribution is 2.47. The molecule has 1 saturated carbocycles. The zero-order valence-electron chi connectivity index (χ0n) is 18.6. The van der Waals surface area contributed by atoms with Gasteiger partial charge >= 0.3 is 5.97 Å². The van der Waals surface area contributed by atoms with Crippen LogP contribution in [0.25, 0.3) is 0 Å². The van der Waals surface area contributed by atoms with Gasteiger partial charge in [-0.15, -0.1) is 0 Å². The highest BCUT2D eigenvalue weighted by molar-refractivity contribution is 6.04. The molecule has 1 atom stereocenters. The summed E-state index contributed by atoms with van der Waals surface area (Å²) in [5, 5.41) is 3.42. The zero-order valence-corrected chi connectivity index (χ0v) is 18.6. The van der Waals surface area contributed by atoms with Crippen molar-refractivity contribution in [3.05, 3.63) is 57.9 Å². The van der Waals surface area contributed by atoms with E-state index < -0.39 is 0 Å². The number of ketones is 1. The van der Waals surface area contributed by atoms with E-state index in [4.69, 9.17) is 4.74 Å². The fourth-order valence-corrected chi connectivity index (χ4v) is 5.20. The fourth-order valence-electron chi connectivity index (χ4n) is 5.20. The van der Waals surface area contributed by atoms with Crippen LogP contribution in [0.4, 0.5) is 0 Å². The molecule has 4 rings (SSSR count). The molecule has 0 bridgehead atoms. The number of hydrogen-bond donors (Lipinski definition) is 1. The predicted molar refractivity (Wildman–Crippen MR) is 118 cm³/mol. The van der Waals surface area contributed by atoms with Gasteiger partial charge in [0.1, 0.15) is 6.10 Å². The largest absolute Gasteiger partial charge is 0.459 e. The van der Waals surface area contributed by atoms with Gasteiger partial charge in [-0.2, -0.15) is 0 Å². The third kappa shape index (κ3) is 4.10. The first-order valence-electron chi connectivity index (χ1n) is 11.3. The van der Waals surface area contributed by atoms with Gasteiger partial charge in [-0.05, 0) is 56.9 Å². The zero-order chi connectivity index (χ0) is 21.5. The Morgan fingerprint density at radius 2 is 1.70 bits per heavy atom. The van der Waals surface area contributed by atoms with E-state index in [-0.39, 0.29) is 29.2 Å². The number of nitrogens with one attached hydrogen (secondary N) is 1. The van der Waals surface area contributed by atoms with E-state index in [1.165, 1.54) is 6.42 Å². The Balaban J connectivity index is 1.75. The molecule has 160 valence electrons. The molecule has 0 saturated heterocycles. The first-order valence-corrected chi connectivity index (χ1v) is 11.3. The summed E-state index contributed by atoms with van der Waals surface area (Å²) in [6, 6.07) is 8.19. The quantitative estimate of drug-likeness (QED) is 0.675. The van der Waals surface area contributed by atoms with Gasteiger partial charge in [0.25, 0.3) is 0 Å². The van der Waals surface area contributed by atoms with Gasteiger partial charge in [-0.3, -0.25) is 4.79 Å². The molecule has 1 aliphatic heterocycles. The van der Waals surface area contributed by atoms with Gasteiger partial charge < -0.3 is 10.1 Å². The number of allylic oxidation sites excluding steroid dienone is 3. The molecule has 4 heteroatoms. The Labute approximate surface area is 179 Å². The lowest BCUT2D eigenvalue weighted by Crippen LogP contribution is -2.39. The molecule has 1 heterocycles. The van der Waals surface area contributed by atoms with Crippen LogP contribution >= 0.6 is 0 Å². The fraction of sp³-hybridized carbons (Fsp3) is 0.538. The van der Waals surface area contributed by atoms with E-state index in [0.29, 0.717) is 12.0 Å². The highest BCUT2D eigenvalue weighted by atomic mass is 16.5. The molecular formula is C26H33NO3. The van der Waals surface area contributed by atoms with Crippen LogP contribution in [0.2, 0.25) is 0 Å². The molecule has 1 aromatic rings. The number of carbonyl (C=O) groups is 2. The second-order valence-electron chi connectivity index (χ2n) is 10.0. The number of benzene rings is 1. The van der Waals surface area contributed by atoms with Crippen molar-refractivity contribution in [1.82, 2.24) is 5.32 Å². The van der Waals surface area contributed by atoms with Gasteiger partial charge in [0.15, 0.2) is 5.78 Å². The average Bonchev–Trinajstić information content (AvgIpc) is 2.67. The van der Waals surface area contributed by atoms with Gasteiger partial charge in [0.2, 0.25) is 0 Å². The van der Waals surface area contributed by atoms with Crippen LogP contribution in [0.5, 0.6) is 0 Å².